The second kappa shape index (κ2) is 49.1. The first-order valence-electron chi connectivity index (χ1n) is 24.9. The van der Waals surface area contributed by atoms with E-state index in [9.17, 15) is 4.79 Å². The lowest BCUT2D eigenvalue weighted by Gasteiger charge is -2.36. The molecule has 378 valence electrons. The Kier molecular flexibility index (Phi) is 48.5. The third-order valence-corrected chi connectivity index (χ3v) is 15.2. The summed E-state index contributed by atoms with van der Waals surface area (Å²) in [4.78, 5) is 11.9. The number of carbonyl (C=O) groups is 1. The number of rotatable bonds is 53. The molecule has 0 spiro atoms. The summed E-state index contributed by atoms with van der Waals surface area (Å²) in [5.41, 5.74) is 0. The van der Waals surface area contributed by atoms with E-state index in [-0.39, 0.29) is 17.6 Å². The number of unbranched alkanes of at least 4 members (excludes halogenated alkanes) is 14. The summed E-state index contributed by atoms with van der Waals surface area (Å²) in [5.74, 6) is -0.131. The first-order valence-corrected chi connectivity index (χ1v) is 27.8. The summed E-state index contributed by atoms with van der Waals surface area (Å²) in [6.07, 6.45) is 20.2. The molecular formula is C48H98O14Si. The van der Waals surface area contributed by atoms with Crippen LogP contribution in [0, 0.1) is 0 Å². The van der Waals surface area contributed by atoms with Crippen LogP contribution in [0.15, 0.2) is 0 Å². The molecule has 0 saturated carbocycles. The van der Waals surface area contributed by atoms with Gasteiger partial charge in [-0.05, 0) is 24.6 Å². The second-order valence-electron chi connectivity index (χ2n) is 17.3. The quantitative estimate of drug-likeness (QED) is 0.0326. The van der Waals surface area contributed by atoms with Crippen LogP contribution in [0.3, 0.4) is 0 Å². The normalized spacial score (nSPS) is 12.2. The maximum Gasteiger partial charge on any atom is 0.305 e. The molecule has 15 heteroatoms. The molecule has 14 nitrogen and oxygen atoms in total. The van der Waals surface area contributed by atoms with Crippen molar-refractivity contribution in [2.75, 3.05) is 159 Å². The van der Waals surface area contributed by atoms with E-state index in [1.54, 1.807) is 0 Å². The molecule has 0 aliphatic carbocycles. The first-order chi connectivity index (χ1) is 30.7. The Morgan fingerprint density at radius 3 is 0.810 bits per heavy atom. The predicted octanol–water partition coefficient (Wildman–Crippen LogP) is 9.00. The van der Waals surface area contributed by atoms with Gasteiger partial charge in [0.1, 0.15) is 6.61 Å². The predicted molar refractivity (Wildman–Crippen MR) is 253 cm³/mol. The van der Waals surface area contributed by atoms with E-state index >= 15 is 0 Å². The lowest BCUT2D eigenvalue weighted by molar-refractivity contribution is -0.145. The zero-order valence-electron chi connectivity index (χ0n) is 41.5. The van der Waals surface area contributed by atoms with Crippen molar-refractivity contribution in [1.29, 1.82) is 0 Å². The van der Waals surface area contributed by atoms with Crippen molar-refractivity contribution in [3.63, 3.8) is 0 Å². The molecule has 0 atom stereocenters. The third kappa shape index (κ3) is 48.9. The van der Waals surface area contributed by atoms with Gasteiger partial charge in [-0.25, -0.2) is 0 Å². The summed E-state index contributed by atoms with van der Waals surface area (Å²) in [5, 5.41) is 0.213. The highest BCUT2D eigenvalue weighted by Gasteiger charge is 2.36. The number of esters is 1. The van der Waals surface area contributed by atoms with Gasteiger partial charge in [0.15, 0.2) is 8.32 Å². The second-order valence-corrected chi connectivity index (χ2v) is 22.1. The van der Waals surface area contributed by atoms with Crippen molar-refractivity contribution in [2.45, 2.75) is 149 Å². The molecule has 0 amide bonds. The van der Waals surface area contributed by atoms with Gasteiger partial charge >= 0.3 is 5.97 Å². The van der Waals surface area contributed by atoms with Gasteiger partial charge in [0.2, 0.25) is 0 Å². The minimum absolute atomic E-state index is 0.131. The average molecular weight is 927 g/mol. The highest BCUT2D eigenvalue weighted by atomic mass is 28.4. The number of hydrogen-bond donors (Lipinski definition) is 0. The zero-order valence-corrected chi connectivity index (χ0v) is 42.5. The van der Waals surface area contributed by atoms with E-state index in [0.717, 1.165) is 12.8 Å². The van der Waals surface area contributed by atoms with Crippen LogP contribution in [0.25, 0.3) is 0 Å². The highest BCUT2D eigenvalue weighted by molar-refractivity contribution is 6.74. The highest BCUT2D eigenvalue weighted by Crippen LogP contribution is 2.36. The van der Waals surface area contributed by atoms with Gasteiger partial charge in [0.05, 0.1) is 152 Å². The maximum atomic E-state index is 11.9. The van der Waals surface area contributed by atoms with Gasteiger partial charge in [0, 0.05) is 6.42 Å². The maximum absolute atomic E-state index is 11.9. The monoisotopic (exact) mass is 927 g/mol. The molecule has 0 aromatic rings. The molecule has 0 aromatic carbocycles. The van der Waals surface area contributed by atoms with Gasteiger partial charge in [0.25, 0.3) is 0 Å². The van der Waals surface area contributed by atoms with Crippen molar-refractivity contribution in [3.05, 3.63) is 0 Å². The van der Waals surface area contributed by atoms with Crippen molar-refractivity contribution < 1.29 is 66.1 Å². The fraction of sp³-hybridized carbons (Fsp3) is 0.979. The van der Waals surface area contributed by atoms with Crippen LogP contribution in [0.2, 0.25) is 18.1 Å². The van der Waals surface area contributed by atoms with Gasteiger partial charge in [-0.1, -0.05) is 118 Å². The topological polar surface area (TPSA) is 137 Å². The van der Waals surface area contributed by atoms with Crippen LogP contribution in [0.5, 0.6) is 0 Å². The SMILES string of the molecule is CCCCCCCCCCCCCCCCCC(=O)OCCOCCOCCOCCOCCOCCOCCOCCOCCOCCOCCOCCO[Si](C)(C)C(C)(C)C. The Morgan fingerprint density at radius 1 is 0.333 bits per heavy atom. The van der Waals surface area contributed by atoms with Crippen LogP contribution in [-0.2, 0) is 66.1 Å². The van der Waals surface area contributed by atoms with Crippen LogP contribution < -0.4 is 0 Å². The molecule has 0 fully saturated rings. The fourth-order valence-corrected chi connectivity index (χ4v) is 6.83. The number of hydrogen-bond acceptors (Lipinski definition) is 14. The molecule has 0 N–H and O–H groups in total. The fourth-order valence-electron chi connectivity index (χ4n) is 5.80. The molecule has 0 unspecified atom stereocenters. The molecule has 0 aliphatic heterocycles. The number of carbonyl (C=O) groups excluding carboxylic acids is 1. The smallest absolute Gasteiger partial charge is 0.305 e. The van der Waals surface area contributed by atoms with Crippen molar-refractivity contribution in [1.82, 2.24) is 0 Å². The van der Waals surface area contributed by atoms with E-state index in [2.05, 4.69) is 40.8 Å². The first kappa shape index (κ1) is 62.2. The molecule has 0 rings (SSSR count). The van der Waals surface area contributed by atoms with E-state index in [1.165, 1.54) is 83.5 Å². The molecule has 0 aliphatic rings. The average Bonchev–Trinajstić information content (AvgIpc) is 3.25. The third-order valence-electron chi connectivity index (χ3n) is 10.7. The molecule has 0 heterocycles. The van der Waals surface area contributed by atoms with Crippen LogP contribution >= 0.6 is 0 Å². The molecule has 0 bridgehead atoms. The summed E-state index contributed by atoms with van der Waals surface area (Å²) in [6, 6.07) is 0. The van der Waals surface area contributed by atoms with Crippen LogP contribution in [0.4, 0.5) is 0 Å². The van der Waals surface area contributed by atoms with E-state index in [4.69, 9.17) is 61.3 Å². The standard InChI is InChI=1S/C48H98O14Si/c1-7-8-9-10-11-12-13-14-15-16-17-18-19-20-21-22-47(49)61-45-43-59-41-39-57-37-35-55-33-31-53-29-27-51-25-23-50-24-26-52-28-30-54-32-34-56-36-38-58-40-42-60-44-46-62-63(5,6)48(2,3)4/h7-46H2,1-6H3. The van der Waals surface area contributed by atoms with E-state index < -0.39 is 8.32 Å². The van der Waals surface area contributed by atoms with Crippen molar-refractivity contribution in [3.8, 4) is 0 Å². The van der Waals surface area contributed by atoms with Gasteiger partial charge in [-0.2, -0.15) is 0 Å². The van der Waals surface area contributed by atoms with Gasteiger partial charge in [-0.15, -0.1) is 0 Å². The lowest BCUT2D eigenvalue weighted by atomic mass is 10.0. The van der Waals surface area contributed by atoms with Crippen LogP contribution in [-0.4, -0.2) is 173 Å². The van der Waals surface area contributed by atoms with Crippen molar-refractivity contribution in [2.24, 2.45) is 0 Å². The van der Waals surface area contributed by atoms with E-state index in [1.807, 2.05) is 0 Å². The van der Waals surface area contributed by atoms with E-state index in [0.29, 0.717) is 158 Å². The summed E-state index contributed by atoms with van der Waals surface area (Å²) in [7, 11) is -1.71. The zero-order chi connectivity index (χ0) is 46.1. The van der Waals surface area contributed by atoms with Crippen molar-refractivity contribution >= 4 is 14.3 Å². The minimum Gasteiger partial charge on any atom is -0.463 e. The molecule has 0 radical (unpaired) electrons. The Bertz CT molecular complexity index is 911. The molecule has 0 aromatic heterocycles. The molecule has 63 heavy (non-hydrogen) atoms. The Balaban J connectivity index is 3.16. The lowest BCUT2D eigenvalue weighted by Crippen LogP contribution is -2.41. The number of ether oxygens (including phenoxy) is 12. The Labute approximate surface area is 386 Å². The summed E-state index contributed by atoms with van der Waals surface area (Å²) >= 11 is 0. The Morgan fingerprint density at radius 2 is 0.556 bits per heavy atom. The Hall–Kier alpha value is -0.793. The summed E-state index contributed by atoms with van der Waals surface area (Å²) < 4.78 is 72.1. The minimum atomic E-state index is -1.71. The van der Waals surface area contributed by atoms with Gasteiger partial charge < -0.3 is 61.3 Å². The molecular weight excluding hydrogens is 829 g/mol. The largest absolute Gasteiger partial charge is 0.463 e. The van der Waals surface area contributed by atoms with Gasteiger partial charge in [-0.3, -0.25) is 4.79 Å². The summed E-state index contributed by atoms with van der Waals surface area (Å²) in [6.45, 7) is 25.5. The van der Waals surface area contributed by atoms with Crippen LogP contribution in [0.1, 0.15) is 130 Å². The molecule has 0 saturated heterocycles.